The highest BCUT2D eigenvalue weighted by molar-refractivity contribution is 5.81. The zero-order valence-electron chi connectivity index (χ0n) is 11.3. The minimum absolute atomic E-state index is 0.0687. The highest BCUT2D eigenvalue weighted by Crippen LogP contribution is 2.44. The van der Waals surface area contributed by atoms with Crippen molar-refractivity contribution in [1.82, 2.24) is 5.32 Å². The lowest BCUT2D eigenvalue weighted by Crippen LogP contribution is -2.57. The second kappa shape index (κ2) is 4.27. The molecule has 0 aromatic carbocycles. The molecule has 0 heterocycles. The van der Waals surface area contributed by atoms with Crippen LogP contribution < -0.4 is 5.32 Å². The van der Waals surface area contributed by atoms with Crippen molar-refractivity contribution in [2.24, 2.45) is 17.3 Å². The molecule has 3 heteroatoms. The molecule has 0 saturated heterocycles. The van der Waals surface area contributed by atoms with E-state index in [1.807, 2.05) is 0 Å². The molecule has 2 N–H and O–H groups in total. The van der Waals surface area contributed by atoms with Crippen LogP contribution in [0.1, 0.15) is 52.9 Å². The van der Waals surface area contributed by atoms with Gasteiger partial charge in [0.25, 0.3) is 0 Å². The van der Waals surface area contributed by atoms with Gasteiger partial charge >= 0.3 is 0 Å². The predicted octanol–water partition coefficient (Wildman–Crippen LogP) is 2.09. The molecule has 3 nitrogen and oxygen atoms in total. The summed E-state index contributed by atoms with van der Waals surface area (Å²) < 4.78 is 0. The quantitative estimate of drug-likeness (QED) is 0.792. The number of aliphatic hydroxyl groups excluding tert-OH is 1. The second-order valence-electron chi connectivity index (χ2n) is 7.06. The van der Waals surface area contributed by atoms with E-state index in [2.05, 4.69) is 26.1 Å². The van der Waals surface area contributed by atoms with Gasteiger partial charge in [-0.15, -0.1) is 0 Å². The molecule has 0 unspecified atom stereocenters. The Kier molecular flexibility index (Phi) is 3.23. The second-order valence-corrected chi connectivity index (χ2v) is 7.06. The van der Waals surface area contributed by atoms with Gasteiger partial charge in [-0.25, -0.2) is 0 Å². The third kappa shape index (κ3) is 3.01. The molecule has 0 aliphatic heterocycles. The van der Waals surface area contributed by atoms with Crippen LogP contribution in [0.15, 0.2) is 0 Å². The van der Waals surface area contributed by atoms with Gasteiger partial charge in [-0.05, 0) is 43.4 Å². The average molecular weight is 239 g/mol. The molecule has 2 aliphatic rings. The fourth-order valence-corrected chi connectivity index (χ4v) is 3.71. The number of rotatable bonds is 3. The Morgan fingerprint density at radius 2 is 2.00 bits per heavy atom. The third-order valence-corrected chi connectivity index (χ3v) is 4.10. The van der Waals surface area contributed by atoms with E-state index in [1.165, 1.54) is 6.42 Å². The molecule has 17 heavy (non-hydrogen) atoms. The monoisotopic (exact) mass is 239 g/mol. The Balaban J connectivity index is 2.08. The van der Waals surface area contributed by atoms with Crippen molar-refractivity contribution in [2.75, 3.05) is 6.61 Å². The van der Waals surface area contributed by atoms with Crippen LogP contribution in [0.3, 0.4) is 0 Å². The first-order chi connectivity index (χ1) is 7.86. The largest absolute Gasteiger partial charge is 0.394 e. The SMILES string of the molecule is C[C@@H]1CC(C)(C)C[C@](CO)(NC(=O)C2CC2)C1. The molecular formula is C14H25NO2. The minimum atomic E-state index is -0.374. The molecule has 0 aromatic rings. The van der Waals surface area contributed by atoms with E-state index >= 15 is 0 Å². The van der Waals surface area contributed by atoms with Crippen LogP contribution in [0.5, 0.6) is 0 Å². The first-order valence-electron chi connectivity index (χ1n) is 6.79. The zero-order valence-corrected chi connectivity index (χ0v) is 11.3. The summed E-state index contributed by atoms with van der Waals surface area (Å²) in [6, 6.07) is 0. The van der Waals surface area contributed by atoms with Gasteiger partial charge in [0.15, 0.2) is 0 Å². The Labute approximate surface area is 104 Å². The van der Waals surface area contributed by atoms with Crippen LogP contribution in [0, 0.1) is 17.3 Å². The van der Waals surface area contributed by atoms with Crippen LogP contribution >= 0.6 is 0 Å². The van der Waals surface area contributed by atoms with Crippen LogP contribution in [-0.2, 0) is 4.79 Å². The van der Waals surface area contributed by atoms with Crippen molar-refractivity contribution in [1.29, 1.82) is 0 Å². The molecule has 2 atom stereocenters. The third-order valence-electron chi connectivity index (χ3n) is 4.10. The van der Waals surface area contributed by atoms with E-state index in [0.29, 0.717) is 5.92 Å². The minimum Gasteiger partial charge on any atom is -0.394 e. The maximum absolute atomic E-state index is 11.9. The summed E-state index contributed by atoms with van der Waals surface area (Å²) in [7, 11) is 0. The molecule has 0 bridgehead atoms. The molecule has 2 fully saturated rings. The van der Waals surface area contributed by atoms with Crippen LogP contribution in [0.25, 0.3) is 0 Å². The number of amides is 1. The summed E-state index contributed by atoms with van der Waals surface area (Å²) in [5, 5.41) is 12.9. The summed E-state index contributed by atoms with van der Waals surface area (Å²) in [6.45, 7) is 6.75. The molecule has 1 amide bonds. The Morgan fingerprint density at radius 3 is 2.47 bits per heavy atom. The summed E-state index contributed by atoms with van der Waals surface area (Å²) in [5.74, 6) is 0.938. The molecule has 0 radical (unpaired) electrons. The van der Waals surface area contributed by atoms with E-state index in [0.717, 1.165) is 25.7 Å². The Bertz CT molecular complexity index is 309. The summed E-state index contributed by atoms with van der Waals surface area (Å²) in [6.07, 6.45) is 5.01. The van der Waals surface area contributed by atoms with Crippen LogP contribution in [-0.4, -0.2) is 23.2 Å². The highest BCUT2D eigenvalue weighted by atomic mass is 16.3. The van der Waals surface area contributed by atoms with E-state index in [9.17, 15) is 9.90 Å². The molecule has 0 spiro atoms. The Hall–Kier alpha value is -0.570. The lowest BCUT2D eigenvalue weighted by Gasteiger charge is -2.47. The maximum atomic E-state index is 11.9. The zero-order chi connectivity index (χ0) is 12.7. The summed E-state index contributed by atoms with van der Waals surface area (Å²) >= 11 is 0. The van der Waals surface area contributed by atoms with Crippen molar-refractivity contribution in [3.05, 3.63) is 0 Å². The maximum Gasteiger partial charge on any atom is 0.223 e. The predicted molar refractivity (Wildman–Crippen MR) is 67.5 cm³/mol. The van der Waals surface area contributed by atoms with E-state index in [4.69, 9.17) is 0 Å². The first-order valence-corrected chi connectivity index (χ1v) is 6.79. The summed E-state index contributed by atoms with van der Waals surface area (Å²) in [5.41, 5.74) is -0.169. The van der Waals surface area contributed by atoms with Crippen molar-refractivity contribution >= 4 is 5.91 Å². The highest BCUT2D eigenvalue weighted by Gasteiger charge is 2.45. The number of nitrogens with one attached hydrogen (secondary N) is 1. The summed E-state index contributed by atoms with van der Waals surface area (Å²) in [4.78, 5) is 11.9. The molecule has 2 rings (SSSR count). The van der Waals surface area contributed by atoms with Crippen molar-refractivity contribution in [3.8, 4) is 0 Å². The molecule has 98 valence electrons. The van der Waals surface area contributed by atoms with E-state index < -0.39 is 0 Å². The lowest BCUT2D eigenvalue weighted by molar-refractivity contribution is -0.126. The van der Waals surface area contributed by atoms with Gasteiger partial charge < -0.3 is 10.4 Å². The van der Waals surface area contributed by atoms with E-state index in [1.54, 1.807) is 0 Å². The molecular weight excluding hydrogens is 214 g/mol. The molecule has 2 aliphatic carbocycles. The van der Waals surface area contributed by atoms with Crippen molar-refractivity contribution < 1.29 is 9.90 Å². The van der Waals surface area contributed by atoms with Crippen molar-refractivity contribution in [3.63, 3.8) is 0 Å². The standard InChI is InChI=1S/C14H25NO2/c1-10-6-13(2,3)8-14(7-10,9-16)15-12(17)11-4-5-11/h10-11,16H,4-9H2,1-3H3,(H,15,17)/t10-,14-/m1/s1. The van der Waals surface area contributed by atoms with Gasteiger partial charge in [0, 0.05) is 5.92 Å². The van der Waals surface area contributed by atoms with Gasteiger partial charge in [-0.2, -0.15) is 0 Å². The van der Waals surface area contributed by atoms with Gasteiger partial charge in [-0.3, -0.25) is 4.79 Å². The van der Waals surface area contributed by atoms with Gasteiger partial charge in [0.1, 0.15) is 0 Å². The fraction of sp³-hybridized carbons (Fsp3) is 0.929. The fourth-order valence-electron chi connectivity index (χ4n) is 3.71. The number of carbonyl (C=O) groups excluding carboxylic acids is 1. The number of carbonyl (C=O) groups is 1. The number of aliphatic hydroxyl groups is 1. The average Bonchev–Trinajstić information content (AvgIpc) is 2.96. The van der Waals surface area contributed by atoms with Crippen molar-refractivity contribution in [2.45, 2.75) is 58.4 Å². The van der Waals surface area contributed by atoms with Gasteiger partial charge in [0.2, 0.25) is 5.91 Å². The lowest BCUT2D eigenvalue weighted by atomic mass is 9.64. The van der Waals surface area contributed by atoms with Crippen LogP contribution in [0.2, 0.25) is 0 Å². The topological polar surface area (TPSA) is 49.3 Å². The first kappa shape index (κ1) is 12.9. The number of hydrogen-bond donors (Lipinski definition) is 2. The van der Waals surface area contributed by atoms with Crippen LogP contribution in [0.4, 0.5) is 0 Å². The smallest absolute Gasteiger partial charge is 0.223 e. The van der Waals surface area contributed by atoms with Gasteiger partial charge in [-0.1, -0.05) is 20.8 Å². The van der Waals surface area contributed by atoms with Gasteiger partial charge in [0.05, 0.1) is 12.1 Å². The molecule has 2 saturated carbocycles. The number of hydrogen-bond acceptors (Lipinski definition) is 2. The normalized spacial score (nSPS) is 36.6. The Morgan fingerprint density at radius 1 is 1.35 bits per heavy atom. The molecule has 0 aromatic heterocycles. The van der Waals surface area contributed by atoms with E-state index in [-0.39, 0.29) is 29.4 Å².